The molecular weight excluding hydrogens is 252 g/mol. The molecule has 4 nitrogen and oxygen atoms in total. The molecular formula is C13H15ClN2O2. The summed E-state index contributed by atoms with van der Waals surface area (Å²) in [4.78, 5) is 22.7. The Balaban J connectivity index is 1.68. The van der Waals surface area contributed by atoms with Crippen molar-refractivity contribution in [2.45, 2.75) is 19.3 Å². The Morgan fingerprint density at radius 3 is 2.78 bits per heavy atom. The Morgan fingerprint density at radius 1 is 1.33 bits per heavy atom. The van der Waals surface area contributed by atoms with Gasteiger partial charge in [-0.3, -0.25) is 10.1 Å². The van der Waals surface area contributed by atoms with Crippen molar-refractivity contribution in [3.63, 3.8) is 0 Å². The van der Waals surface area contributed by atoms with E-state index < -0.39 is 6.03 Å². The van der Waals surface area contributed by atoms with Gasteiger partial charge in [0.05, 0.1) is 0 Å². The second-order valence-corrected chi connectivity index (χ2v) is 4.84. The lowest BCUT2D eigenvalue weighted by Gasteiger charge is -2.06. The van der Waals surface area contributed by atoms with Crippen molar-refractivity contribution in [3.05, 3.63) is 34.9 Å². The molecule has 0 saturated heterocycles. The molecule has 5 heteroatoms. The summed E-state index contributed by atoms with van der Waals surface area (Å²) in [5, 5.41) is 5.66. The van der Waals surface area contributed by atoms with Gasteiger partial charge in [0.1, 0.15) is 0 Å². The van der Waals surface area contributed by atoms with Gasteiger partial charge < -0.3 is 5.32 Å². The minimum absolute atomic E-state index is 0.0451. The van der Waals surface area contributed by atoms with E-state index >= 15 is 0 Å². The van der Waals surface area contributed by atoms with Crippen molar-refractivity contribution < 1.29 is 9.59 Å². The van der Waals surface area contributed by atoms with Crippen molar-refractivity contribution in [1.29, 1.82) is 0 Å². The SMILES string of the molecule is O=C(NCCc1cccc(Cl)c1)NC(=O)C1CC1. The summed E-state index contributed by atoms with van der Waals surface area (Å²) >= 11 is 5.85. The third-order valence-electron chi connectivity index (χ3n) is 2.77. The Morgan fingerprint density at radius 2 is 2.11 bits per heavy atom. The van der Waals surface area contributed by atoms with Crippen LogP contribution in [0.2, 0.25) is 5.02 Å². The van der Waals surface area contributed by atoms with Gasteiger partial charge in [-0.05, 0) is 37.0 Å². The maximum Gasteiger partial charge on any atom is 0.321 e. The smallest absolute Gasteiger partial charge is 0.321 e. The number of carbonyl (C=O) groups is 2. The molecule has 0 radical (unpaired) electrons. The fourth-order valence-corrected chi connectivity index (χ4v) is 1.83. The molecule has 2 rings (SSSR count). The summed E-state index contributed by atoms with van der Waals surface area (Å²) < 4.78 is 0. The van der Waals surface area contributed by atoms with Crippen molar-refractivity contribution in [1.82, 2.24) is 10.6 Å². The number of imide groups is 1. The maximum absolute atomic E-state index is 11.4. The number of halogens is 1. The highest BCUT2D eigenvalue weighted by molar-refractivity contribution is 6.30. The summed E-state index contributed by atoms with van der Waals surface area (Å²) in [6.45, 7) is 0.476. The summed E-state index contributed by atoms with van der Waals surface area (Å²) in [6, 6.07) is 7.06. The van der Waals surface area contributed by atoms with E-state index in [9.17, 15) is 9.59 Å². The molecule has 0 heterocycles. The van der Waals surface area contributed by atoms with Gasteiger partial charge in [-0.2, -0.15) is 0 Å². The molecule has 0 aromatic heterocycles. The number of hydrogen-bond acceptors (Lipinski definition) is 2. The number of benzene rings is 1. The van der Waals surface area contributed by atoms with Crippen LogP contribution in [0, 0.1) is 5.92 Å². The molecule has 1 aliphatic carbocycles. The molecule has 3 amide bonds. The van der Waals surface area contributed by atoms with Crippen LogP contribution in [0.25, 0.3) is 0 Å². The van der Waals surface area contributed by atoms with Gasteiger partial charge in [0.2, 0.25) is 5.91 Å². The van der Waals surface area contributed by atoms with Crippen LogP contribution >= 0.6 is 11.6 Å². The molecule has 0 bridgehead atoms. The Bertz CT molecular complexity index is 458. The fraction of sp³-hybridized carbons (Fsp3) is 0.385. The van der Waals surface area contributed by atoms with Crippen LogP contribution in [0.5, 0.6) is 0 Å². The highest BCUT2D eigenvalue weighted by Crippen LogP contribution is 2.28. The average Bonchev–Trinajstić information content (AvgIpc) is 3.12. The predicted octanol–water partition coefficient (Wildman–Crippen LogP) is 2.12. The first-order chi connectivity index (χ1) is 8.65. The lowest BCUT2D eigenvalue weighted by Crippen LogP contribution is -2.40. The Labute approximate surface area is 111 Å². The van der Waals surface area contributed by atoms with Crippen molar-refractivity contribution in [2.75, 3.05) is 6.54 Å². The number of rotatable bonds is 4. The largest absolute Gasteiger partial charge is 0.337 e. The molecule has 1 aromatic carbocycles. The zero-order chi connectivity index (χ0) is 13.0. The number of hydrogen-bond donors (Lipinski definition) is 2. The zero-order valence-electron chi connectivity index (χ0n) is 9.91. The molecule has 1 fully saturated rings. The van der Waals surface area contributed by atoms with Gasteiger partial charge >= 0.3 is 6.03 Å². The molecule has 96 valence electrons. The summed E-state index contributed by atoms with van der Waals surface area (Å²) in [7, 11) is 0. The maximum atomic E-state index is 11.4. The molecule has 0 unspecified atom stereocenters. The van der Waals surface area contributed by atoms with E-state index in [2.05, 4.69) is 10.6 Å². The Kier molecular flexibility index (Phi) is 4.20. The van der Waals surface area contributed by atoms with Crippen LogP contribution in [-0.2, 0) is 11.2 Å². The topological polar surface area (TPSA) is 58.2 Å². The van der Waals surface area contributed by atoms with Crippen LogP contribution in [-0.4, -0.2) is 18.5 Å². The van der Waals surface area contributed by atoms with E-state index in [0.717, 1.165) is 18.4 Å². The highest BCUT2D eigenvalue weighted by atomic mass is 35.5. The molecule has 18 heavy (non-hydrogen) atoms. The summed E-state index contributed by atoms with van der Waals surface area (Å²) in [5.41, 5.74) is 1.05. The average molecular weight is 267 g/mol. The quantitative estimate of drug-likeness (QED) is 0.877. The van der Waals surface area contributed by atoms with Gasteiger partial charge in [-0.1, -0.05) is 23.7 Å². The molecule has 0 aliphatic heterocycles. The fourth-order valence-electron chi connectivity index (χ4n) is 1.62. The van der Waals surface area contributed by atoms with Crippen LogP contribution < -0.4 is 10.6 Å². The third-order valence-corrected chi connectivity index (χ3v) is 3.01. The molecule has 2 N–H and O–H groups in total. The summed E-state index contributed by atoms with van der Waals surface area (Å²) in [5.74, 6) is -0.126. The van der Waals surface area contributed by atoms with Crippen LogP contribution in [0.3, 0.4) is 0 Å². The lowest BCUT2D eigenvalue weighted by molar-refractivity contribution is -0.121. The van der Waals surface area contributed by atoms with E-state index in [0.29, 0.717) is 18.0 Å². The first-order valence-electron chi connectivity index (χ1n) is 5.98. The van der Waals surface area contributed by atoms with Gasteiger partial charge in [0, 0.05) is 17.5 Å². The van der Waals surface area contributed by atoms with Crippen molar-refractivity contribution >= 4 is 23.5 Å². The summed E-state index contributed by atoms with van der Waals surface area (Å²) in [6.07, 6.45) is 2.47. The lowest BCUT2D eigenvalue weighted by atomic mass is 10.1. The van der Waals surface area contributed by atoms with E-state index in [-0.39, 0.29) is 11.8 Å². The van der Waals surface area contributed by atoms with Crippen LogP contribution in [0.1, 0.15) is 18.4 Å². The zero-order valence-corrected chi connectivity index (χ0v) is 10.7. The molecule has 1 aromatic rings. The molecule has 0 spiro atoms. The number of amides is 3. The first kappa shape index (κ1) is 12.9. The second-order valence-electron chi connectivity index (χ2n) is 4.40. The first-order valence-corrected chi connectivity index (χ1v) is 6.36. The monoisotopic (exact) mass is 266 g/mol. The van der Waals surface area contributed by atoms with Gasteiger partial charge in [0.25, 0.3) is 0 Å². The molecule has 1 saturated carbocycles. The van der Waals surface area contributed by atoms with E-state index in [1.807, 2.05) is 18.2 Å². The minimum Gasteiger partial charge on any atom is -0.337 e. The minimum atomic E-state index is -0.422. The van der Waals surface area contributed by atoms with Gasteiger partial charge in [-0.25, -0.2) is 4.79 Å². The number of urea groups is 1. The van der Waals surface area contributed by atoms with E-state index in [4.69, 9.17) is 11.6 Å². The van der Waals surface area contributed by atoms with Crippen LogP contribution in [0.15, 0.2) is 24.3 Å². The molecule has 0 atom stereocenters. The van der Waals surface area contributed by atoms with Crippen molar-refractivity contribution in [2.24, 2.45) is 5.92 Å². The number of carbonyl (C=O) groups excluding carboxylic acids is 2. The standard InChI is InChI=1S/C13H15ClN2O2/c14-11-3-1-2-9(8-11)6-7-15-13(18)16-12(17)10-4-5-10/h1-3,8,10H,4-7H2,(H2,15,16,17,18). The van der Waals surface area contributed by atoms with Gasteiger partial charge in [-0.15, -0.1) is 0 Å². The Hall–Kier alpha value is -1.55. The van der Waals surface area contributed by atoms with Gasteiger partial charge in [0.15, 0.2) is 0 Å². The highest BCUT2D eigenvalue weighted by Gasteiger charge is 2.30. The normalized spacial score (nSPS) is 14.1. The molecule has 1 aliphatic rings. The third kappa shape index (κ3) is 4.04. The predicted molar refractivity (Wildman–Crippen MR) is 69.4 cm³/mol. The van der Waals surface area contributed by atoms with E-state index in [1.165, 1.54) is 0 Å². The number of nitrogens with one attached hydrogen (secondary N) is 2. The van der Waals surface area contributed by atoms with E-state index in [1.54, 1.807) is 6.07 Å². The van der Waals surface area contributed by atoms with Crippen LogP contribution in [0.4, 0.5) is 4.79 Å². The second kappa shape index (κ2) is 5.87. The van der Waals surface area contributed by atoms with Crippen molar-refractivity contribution in [3.8, 4) is 0 Å².